The van der Waals surface area contributed by atoms with Crippen LogP contribution in [0.1, 0.15) is 6.92 Å². The lowest BCUT2D eigenvalue weighted by molar-refractivity contribution is 0.271. The van der Waals surface area contributed by atoms with Crippen LogP contribution in [0.5, 0.6) is 11.5 Å². The Morgan fingerprint density at radius 1 is 0.912 bits per heavy atom. The van der Waals surface area contributed by atoms with Crippen LogP contribution in [0.3, 0.4) is 0 Å². The Kier molecular flexibility index (Phi) is 5.15. The van der Waals surface area contributed by atoms with Crippen molar-refractivity contribution in [3.05, 3.63) is 66.5 Å². The maximum atomic E-state index is 13.2. The van der Waals surface area contributed by atoms with Crippen LogP contribution in [0.15, 0.2) is 60.7 Å². The number of imidazole rings is 1. The quantitative estimate of drug-likeness (QED) is 0.381. The third kappa shape index (κ3) is 3.86. The van der Waals surface area contributed by atoms with Crippen molar-refractivity contribution >= 4 is 27.6 Å². The second-order valence-electron chi connectivity index (χ2n) is 8.54. The molecular formula is C26H25FN6O. The number of halogens is 1. The predicted molar refractivity (Wildman–Crippen MR) is 132 cm³/mol. The summed E-state index contributed by atoms with van der Waals surface area (Å²) in [4.78, 5) is 13.1. The molecule has 1 aliphatic rings. The molecule has 5 aromatic rings. The van der Waals surface area contributed by atoms with Gasteiger partial charge in [0.05, 0.1) is 16.6 Å². The summed E-state index contributed by atoms with van der Waals surface area (Å²) in [6.07, 6.45) is 0. The minimum Gasteiger partial charge on any atom is -0.457 e. The highest BCUT2D eigenvalue weighted by atomic mass is 19.1. The lowest BCUT2D eigenvalue weighted by atomic mass is 10.2. The highest BCUT2D eigenvalue weighted by molar-refractivity contribution is 5.94. The molecule has 0 spiro atoms. The largest absolute Gasteiger partial charge is 0.457 e. The Bertz CT molecular complexity index is 1450. The Hall–Kier alpha value is -3.91. The van der Waals surface area contributed by atoms with Crippen molar-refractivity contribution in [1.29, 1.82) is 0 Å². The summed E-state index contributed by atoms with van der Waals surface area (Å²) in [5.74, 6) is 1.62. The topological polar surface area (TPSA) is 73.1 Å². The molecule has 0 bridgehead atoms. The van der Waals surface area contributed by atoms with Crippen molar-refractivity contribution in [3.63, 3.8) is 0 Å². The zero-order valence-corrected chi connectivity index (χ0v) is 18.9. The Morgan fingerprint density at radius 2 is 1.71 bits per heavy atom. The summed E-state index contributed by atoms with van der Waals surface area (Å²) in [5.41, 5.74) is 4.71. The number of rotatable bonds is 5. The molecule has 0 radical (unpaired) electrons. The summed E-state index contributed by atoms with van der Waals surface area (Å²) in [6, 6.07) is 18.0. The monoisotopic (exact) mass is 456 g/mol. The molecule has 1 saturated heterocycles. The first-order chi connectivity index (χ1) is 16.7. The van der Waals surface area contributed by atoms with Crippen LogP contribution in [-0.2, 0) is 0 Å². The third-order valence-electron chi connectivity index (χ3n) is 6.46. The third-order valence-corrected chi connectivity index (χ3v) is 6.46. The van der Waals surface area contributed by atoms with Gasteiger partial charge in [-0.25, -0.2) is 9.37 Å². The van der Waals surface area contributed by atoms with Gasteiger partial charge in [0.1, 0.15) is 23.0 Å². The van der Waals surface area contributed by atoms with E-state index >= 15 is 0 Å². The lowest BCUT2D eigenvalue weighted by Gasteiger charge is -2.35. The van der Waals surface area contributed by atoms with Crippen molar-refractivity contribution in [1.82, 2.24) is 25.1 Å². The SMILES string of the molecule is CCN1CCN(c2ccc3nc(-c4n[nH]c5ccc(Oc6ccc(F)cc6)cc45)[nH]c3c2)CC1. The van der Waals surface area contributed by atoms with E-state index in [9.17, 15) is 4.39 Å². The van der Waals surface area contributed by atoms with Gasteiger partial charge in [0, 0.05) is 37.3 Å². The molecule has 0 atom stereocenters. The maximum absolute atomic E-state index is 13.2. The fraction of sp³-hybridized carbons (Fsp3) is 0.231. The van der Waals surface area contributed by atoms with Gasteiger partial charge < -0.3 is 19.5 Å². The zero-order valence-electron chi connectivity index (χ0n) is 18.9. The van der Waals surface area contributed by atoms with Crippen LogP contribution < -0.4 is 9.64 Å². The summed E-state index contributed by atoms with van der Waals surface area (Å²) < 4.78 is 19.1. The number of fused-ring (bicyclic) bond motifs is 2. The molecule has 34 heavy (non-hydrogen) atoms. The molecule has 0 aliphatic carbocycles. The number of hydrogen-bond acceptors (Lipinski definition) is 5. The highest BCUT2D eigenvalue weighted by Gasteiger charge is 2.18. The number of nitrogens with zero attached hydrogens (tertiary/aromatic N) is 4. The molecule has 3 heterocycles. The minimum atomic E-state index is -0.295. The van der Waals surface area contributed by atoms with E-state index in [2.05, 4.69) is 50.1 Å². The number of hydrogen-bond donors (Lipinski definition) is 2. The number of aromatic amines is 2. The van der Waals surface area contributed by atoms with Crippen LogP contribution in [-0.4, -0.2) is 57.8 Å². The first-order valence-corrected chi connectivity index (χ1v) is 11.6. The molecular weight excluding hydrogens is 431 g/mol. The number of ether oxygens (including phenoxy) is 1. The second-order valence-corrected chi connectivity index (χ2v) is 8.54. The van der Waals surface area contributed by atoms with E-state index in [1.54, 1.807) is 12.1 Å². The van der Waals surface area contributed by atoms with Crippen LogP contribution in [0.4, 0.5) is 10.1 Å². The molecule has 1 fully saturated rings. The molecule has 172 valence electrons. The van der Waals surface area contributed by atoms with Crippen molar-refractivity contribution in [2.45, 2.75) is 6.92 Å². The summed E-state index contributed by atoms with van der Waals surface area (Å²) in [5, 5.41) is 8.48. The normalized spacial score (nSPS) is 14.8. The summed E-state index contributed by atoms with van der Waals surface area (Å²) >= 11 is 0. The average Bonchev–Trinajstić information content (AvgIpc) is 3.48. The fourth-order valence-electron chi connectivity index (χ4n) is 4.50. The number of aromatic nitrogens is 4. The van der Waals surface area contributed by atoms with Crippen LogP contribution in [0.2, 0.25) is 0 Å². The van der Waals surface area contributed by atoms with E-state index in [4.69, 9.17) is 9.72 Å². The van der Waals surface area contributed by atoms with Crippen molar-refractivity contribution in [3.8, 4) is 23.0 Å². The maximum Gasteiger partial charge on any atom is 0.159 e. The van der Waals surface area contributed by atoms with E-state index < -0.39 is 0 Å². The molecule has 3 aromatic carbocycles. The molecule has 2 N–H and O–H groups in total. The number of H-pyrrole nitrogens is 2. The van der Waals surface area contributed by atoms with E-state index in [-0.39, 0.29) is 5.82 Å². The van der Waals surface area contributed by atoms with Crippen LogP contribution in [0, 0.1) is 5.82 Å². The van der Waals surface area contributed by atoms with Gasteiger partial charge in [0.15, 0.2) is 5.82 Å². The number of anilines is 1. The smallest absolute Gasteiger partial charge is 0.159 e. The molecule has 7 nitrogen and oxygen atoms in total. The molecule has 0 unspecified atom stereocenters. The average molecular weight is 457 g/mol. The van der Waals surface area contributed by atoms with Crippen molar-refractivity contribution in [2.24, 2.45) is 0 Å². The summed E-state index contributed by atoms with van der Waals surface area (Å²) in [7, 11) is 0. The van der Waals surface area contributed by atoms with Gasteiger partial charge in [0.2, 0.25) is 0 Å². The van der Waals surface area contributed by atoms with Crippen molar-refractivity contribution < 1.29 is 9.13 Å². The number of benzene rings is 3. The first kappa shape index (κ1) is 20.7. The zero-order chi connectivity index (χ0) is 23.1. The predicted octanol–water partition coefficient (Wildman–Crippen LogP) is 5.18. The molecule has 6 rings (SSSR count). The van der Waals surface area contributed by atoms with Gasteiger partial charge in [-0.1, -0.05) is 6.92 Å². The molecule has 0 amide bonds. The Balaban J connectivity index is 1.30. The van der Waals surface area contributed by atoms with E-state index in [0.29, 0.717) is 17.3 Å². The Labute approximate surface area is 196 Å². The van der Waals surface area contributed by atoms with Crippen LogP contribution in [0.25, 0.3) is 33.5 Å². The van der Waals surface area contributed by atoms with E-state index in [1.807, 2.05) is 18.2 Å². The van der Waals surface area contributed by atoms with Gasteiger partial charge in [-0.05, 0) is 67.2 Å². The fourth-order valence-corrected chi connectivity index (χ4v) is 4.50. The number of nitrogens with one attached hydrogen (secondary N) is 2. The second kappa shape index (κ2) is 8.46. The Morgan fingerprint density at radius 3 is 2.50 bits per heavy atom. The first-order valence-electron chi connectivity index (χ1n) is 11.6. The van der Waals surface area contributed by atoms with Gasteiger partial charge in [-0.15, -0.1) is 0 Å². The molecule has 1 aliphatic heterocycles. The van der Waals surface area contributed by atoms with Gasteiger partial charge in [-0.3, -0.25) is 5.10 Å². The molecule has 2 aromatic heterocycles. The molecule has 0 saturated carbocycles. The van der Waals surface area contributed by atoms with Crippen molar-refractivity contribution in [2.75, 3.05) is 37.6 Å². The lowest BCUT2D eigenvalue weighted by Crippen LogP contribution is -2.46. The van der Waals surface area contributed by atoms with E-state index in [1.165, 1.54) is 17.8 Å². The highest BCUT2D eigenvalue weighted by Crippen LogP contribution is 2.32. The standard InChI is InChI=1S/C26H25FN6O/c1-2-32-11-13-33(14-12-32)18-5-9-23-24(15-18)29-26(28-23)25-21-16-20(8-10-22(21)30-31-25)34-19-6-3-17(27)4-7-19/h3-10,15-16H,2,11-14H2,1H3,(H,28,29)(H,30,31). The van der Waals surface area contributed by atoms with Gasteiger partial charge in [-0.2, -0.15) is 5.10 Å². The minimum absolute atomic E-state index is 0.295. The van der Waals surface area contributed by atoms with Crippen LogP contribution >= 0.6 is 0 Å². The van der Waals surface area contributed by atoms with E-state index in [0.717, 1.165) is 60.4 Å². The summed E-state index contributed by atoms with van der Waals surface area (Å²) in [6.45, 7) is 7.55. The molecule has 8 heteroatoms. The van der Waals surface area contributed by atoms with Gasteiger partial charge >= 0.3 is 0 Å². The number of likely N-dealkylation sites (N-methyl/N-ethyl adjacent to an activating group) is 1. The number of piperazine rings is 1. The van der Waals surface area contributed by atoms with Gasteiger partial charge in [0.25, 0.3) is 0 Å².